The summed E-state index contributed by atoms with van der Waals surface area (Å²) in [6, 6.07) is 5.56. The molecule has 0 nitrogen and oxygen atoms in total. The summed E-state index contributed by atoms with van der Waals surface area (Å²) in [4.78, 5) is -0.474. The molecule has 2 atom stereocenters. The normalized spacial score (nSPS) is 16.1. The van der Waals surface area contributed by atoms with Crippen molar-refractivity contribution >= 4 is 15.9 Å². The van der Waals surface area contributed by atoms with Gasteiger partial charge in [-0.05, 0) is 24.6 Å². The van der Waals surface area contributed by atoms with Crippen molar-refractivity contribution in [1.29, 1.82) is 0 Å². The minimum Gasteiger partial charge on any atom is -0.207 e. The monoisotopic (exact) mass is 280 g/mol. The van der Waals surface area contributed by atoms with Crippen LogP contribution in [0.2, 0.25) is 0 Å². The Bertz CT molecular complexity index is 316. The topological polar surface area (TPSA) is 0 Å². The van der Waals surface area contributed by atoms with Gasteiger partial charge in [0.1, 0.15) is 5.82 Å². The first-order valence-corrected chi connectivity index (χ1v) is 5.51. The van der Waals surface area contributed by atoms with Gasteiger partial charge < -0.3 is 0 Å². The molecule has 1 aromatic rings. The van der Waals surface area contributed by atoms with Crippen molar-refractivity contribution in [3.8, 4) is 0 Å². The maximum Gasteiger partial charge on any atom is 0.249 e. The van der Waals surface area contributed by atoms with Gasteiger partial charge in [-0.1, -0.05) is 35.0 Å². The Morgan fingerprint density at radius 2 is 1.67 bits per heavy atom. The molecular formula is C11H12BrF3. The molecule has 1 rings (SSSR count). The average molecular weight is 281 g/mol. The number of halogens is 4. The highest BCUT2D eigenvalue weighted by molar-refractivity contribution is 9.09. The molecule has 0 bridgehead atoms. The molecule has 1 aromatic carbocycles. The van der Waals surface area contributed by atoms with E-state index in [2.05, 4.69) is 15.9 Å². The zero-order valence-electron chi connectivity index (χ0n) is 8.48. The maximum absolute atomic E-state index is 13.0. The maximum atomic E-state index is 13.0. The Balaban J connectivity index is 2.85. The van der Waals surface area contributed by atoms with Crippen LogP contribution in [0.4, 0.5) is 13.2 Å². The fourth-order valence-electron chi connectivity index (χ4n) is 1.19. The smallest absolute Gasteiger partial charge is 0.207 e. The standard InChI is InChI=1S/C11H12BrF3/c1-7(11(2,14)15)10(12)8-3-5-9(13)6-4-8/h3-7,10H,1-2H3. The average Bonchev–Trinajstić information content (AvgIpc) is 2.15. The number of alkyl halides is 3. The minimum absolute atomic E-state index is 0.366. The molecule has 0 radical (unpaired) electrons. The first-order valence-electron chi connectivity index (χ1n) is 4.59. The van der Waals surface area contributed by atoms with E-state index in [9.17, 15) is 13.2 Å². The van der Waals surface area contributed by atoms with E-state index in [1.165, 1.54) is 31.2 Å². The number of hydrogen-bond acceptors (Lipinski definition) is 0. The van der Waals surface area contributed by atoms with Crippen LogP contribution in [0.25, 0.3) is 0 Å². The van der Waals surface area contributed by atoms with E-state index < -0.39 is 16.7 Å². The van der Waals surface area contributed by atoms with Crippen LogP contribution in [0.3, 0.4) is 0 Å². The van der Waals surface area contributed by atoms with E-state index in [1.807, 2.05) is 0 Å². The second-order valence-electron chi connectivity index (χ2n) is 3.70. The molecule has 0 aliphatic carbocycles. The fourth-order valence-corrected chi connectivity index (χ4v) is 1.96. The molecule has 0 N–H and O–H groups in total. The van der Waals surface area contributed by atoms with Crippen LogP contribution in [0.15, 0.2) is 24.3 Å². The van der Waals surface area contributed by atoms with Crippen molar-refractivity contribution in [3.63, 3.8) is 0 Å². The van der Waals surface area contributed by atoms with Crippen molar-refractivity contribution in [2.45, 2.75) is 24.6 Å². The number of benzene rings is 1. The van der Waals surface area contributed by atoms with Crippen LogP contribution >= 0.6 is 15.9 Å². The van der Waals surface area contributed by atoms with E-state index in [-0.39, 0.29) is 5.82 Å². The fraction of sp³-hybridized carbons (Fsp3) is 0.455. The summed E-state index contributed by atoms with van der Waals surface area (Å²) >= 11 is 3.21. The van der Waals surface area contributed by atoms with Crippen molar-refractivity contribution in [1.82, 2.24) is 0 Å². The van der Waals surface area contributed by atoms with Gasteiger partial charge in [-0.3, -0.25) is 0 Å². The number of hydrogen-bond donors (Lipinski definition) is 0. The van der Waals surface area contributed by atoms with Gasteiger partial charge in [0.25, 0.3) is 0 Å². The molecule has 2 unspecified atom stereocenters. The Kier molecular flexibility index (Phi) is 3.82. The molecule has 0 amide bonds. The van der Waals surface area contributed by atoms with Crippen molar-refractivity contribution in [3.05, 3.63) is 35.6 Å². The predicted molar refractivity (Wildman–Crippen MR) is 57.9 cm³/mol. The molecule has 84 valence electrons. The summed E-state index contributed by atoms with van der Waals surface area (Å²) in [5, 5.41) is 0. The van der Waals surface area contributed by atoms with Gasteiger partial charge in [0.05, 0.1) is 0 Å². The highest BCUT2D eigenvalue weighted by Crippen LogP contribution is 2.39. The molecule has 0 saturated heterocycles. The van der Waals surface area contributed by atoms with E-state index >= 15 is 0 Å². The molecule has 0 saturated carbocycles. The Hall–Kier alpha value is -0.510. The second-order valence-corrected chi connectivity index (χ2v) is 4.68. The molecule has 15 heavy (non-hydrogen) atoms. The summed E-state index contributed by atoms with van der Waals surface area (Å²) < 4.78 is 38.7. The van der Waals surface area contributed by atoms with Crippen molar-refractivity contribution in [2.75, 3.05) is 0 Å². The van der Waals surface area contributed by atoms with Gasteiger partial charge in [0, 0.05) is 10.7 Å². The van der Waals surface area contributed by atoms with Crippen LogP contribution < -0.4 is 0 Å². The van der Waals surface area contributed by atoms with Crippen molar-refractivity contribution < 1.29 is 13.2 Å². The third kappa shape index (κ3) is 3.23. The highest BCUT2D eigenvalue weighted by Gasteiger charge is 2.35. The molecule has 0 aromatic heterocycles. The molecular weight excluding hydrogens is 269 g/mol. The van der Waals surface area contributed by atoms with Crippen LogP contribution in [0.5, 0.6) is 0 Å². The summed E-state index contributed by atoms with van der Waals surface area (Å²) in [5.41, 5.74) is 0.658. The minimum atomic E-state index is -2.76. The highest BCUT2D eigenvalue weighted by atomic mass is 79.9. The summed E-state index contributed by atoms with van der Waals surface area (Å²) in [7, 11) is 0. The lowest BCUT2D eigenvalue weighted by Crippen LogP contribution is -2.25. The van der Waals surface area contributed by atoms with Crippen LogP contribution in [-0.2, 0) is 0 Å². The van der Waals surface area contributed by atoms with Gasteiger partial charge >= 0.3 is 0 Å². The largest absolute Gasteiger partial charge is 0.249 e. The van der Waals surface area contributed by atoms with E-state index in [1.54, 1.807) is 0 Å². The van der Waals surface area contributed by atoms with E-state index in [0.717, 1.165) is 6.92 Å². The SMILES string of the molecule is CC(C(Br)c1ccc(F)cc1)C(C)(F)F. The molecule has 4 heteroatoms. The van der Waals surface area contributed by atoms with Gasteiger partial charge in [0.2, 0.25) is 5.92 Å². The second kappa shape index (κ2) is 4.56. The number of rotatable bonds is 3. The molecule has 0 aliphatic rings. The lowest BCUT2D eigenvalue weighted by molar-refractivity contribution is -0.0324. The lowest BCUT2D eigenvalue weighted by Gasteiger charge is -2.24. The van der Waals surface area contributed by atoms with Crippen LogP contribution in [0.1, 0.15) is 24.2 Å². The third-order valence-electron chi connectivity index (χ3n) is 2.43. The Morgan fingerprint density at radius 3 is 2.07 bits per heavy atom. The Morgan fingerprint density at radius 1 is 1.20 bits per heavy atom. The molecule has 0 fully saturated rings. The molecule has 0 spiro atoms. The summed E-state index contributed by atoms with van der Waals surface area (Å²) in [6.07, 6.45) is 0. The lowest BCUT2D eigenvalue weighted by atomic mass is 9.96. The molecule has 0 heterocycles. The van der Waals surface area contributed by atoms with Gasteiger partial charge in [-0.25, -0.2) is 13.2 Å². The first kappa shape index (κ1) is 12.6. The first-order chi connectivity index (χ1) is 6.82. The zero-order valence-corrected chi connectivity index (χ0v) is 10.1. The quantitative estimate of drug-likeness (QED) is 0.713. The molecule has 0 aliphatic heterocycles. The summed E-state index contributed by atoms with van der Waals surface area (Å²) in [5.74, 6) is -3.97. The van der Waals surface area contributed by atoms with E-state index in [4.69, 9.17) is 0 Å². The zero-order chi connectivity index (χ0) is 11.6. The van der Waals surface area contributed by atoms with Gasteiger partial charge in [-0.15, -0.1) is 0 Å². The van der Waals surface area contributed by atoms with E-state index in [0.29, 0.717) is 5.56 Å². The predicted octanol–water partition coefficient (Wildman–Crippen LogP) is 4.55. The van der Waals surface area contributed by atoms with Crippen molar-refractivity contribution in [2.24, 2.45) is 5.92 Å². The summed E-state index contributed by atoms with van der Waals surface area (Å²) in [6.45, 7) is 2.35. The van der Waals surface area contributed by atoms with Crippen LogP contribution in [0, 0.1) is 11.7 Å². The van der Waals surface area contributed by atoms with Crippen LogP contribution in [-0.4, -0.2) is 5.92 Å². The third-order valence-corrected chi connectivity index (χ3v) is 3.75. The Labute approximate surface area is 95.6 Å². The van der Waals surface area contributed by atoms with Gasteiger partial charge in [-0.2, -0.15) is 0 Å². The van der Waals surface area contributed by atoms with Gasteiger partial charge in [0.15, 0.2) is 0 Å².